The zero-order valence-electron chi connectivity index (χ0n) is 15.5. The maximum absolute atomic E-state index is 12.9. The first-order chi connectivity index (χ1) is 13.4. The molecule has 1 fully saturated rings. The highest BCUT2D eigenvalue weighted by Gasteiger charge is 2.35. The van der Waals surface area contributed by atoms with Gasteiger partial charge in [0.1, 0.15) is 4.21 Å². The number of thiophene rings is 1. The first-order valence-electron chi connectivity index (χ1n) is 8.95. The van der Waals surface area contributed by atoms with Crippen molar-refractivity contribution in [1.82, 2.24) is 4.31 Å². The van der Waals surface area contributed by atoms with E-state index in [1.807, 2.05) is 0 Å². The highest BCUT2D eigenvalue weighted by atomic mass is 32.2. The van der Waals surface area contributed by atoms with Crippen LogP contribution in [0.4, 0.5) is 5.69 Å². The van der Waals surface area contributed by atoms with Gasteiger partial charge in [-0.3, -0.25) is 4.79 Å². The Bertz CT molecular complexity index is 924. The smallest absolute Gasteiger partial charge is 0.337 e. The minimum atomic E-state index is -3.58. The molecule has 150 valence electrons. The normalized spacial score (nSPS) is 17.8. The number of amides is 1. The molecule has 1 aliphatic heterocycles. The fourth-order valence-corrected chi connectivity index (χ4v) is 6.07. The topological polar surface area (TPSA) is 92.8 Å². The molecule has 1 amide bonds. The van der Waals surface area contributed by atoms with Crippen LogP contribution in [-0.4, -0.2) is 44.3 Å². The van der Waals surface area contributed by atoms with E-state index in [0.29, 0.717) is 28.4 Å². The van der Waals surface area contributed by atoms with Crippen molar-refractivity contribution in [2.45, 2.75) is 35.9 Å². The Balaban J connectivity index is 1.67. The Labute approximate surface area is 168 Å². The van der Waals surface area contributed by atoms with Crippen molar-refractivity contribution in [3.8, 4) is 0 Å². The molecule has 1 aromatic heterocycles. The summed E-state index contributed by atoms with van der Waals surface area (Å²) in [5, 5.41) is 4.50. The first kappa shape index (κ1) is 20.5. The van der Waals surface area contributed by atoms with Crippen LogP contribution >= 0.6 is 11.3 Å². The highest BCUT2D eigenvalue weighted by molar-refractivity contribution is 7.91. The molecule has 0 radical (unpaired) electrons. The number of carbonyl (C=O) groups is 2. The number of rotatable bonds is 6. The van der Waals surface area contributed by atoms with Gasteiger partial charge in [-0.05, 0) is 48.6 Å². The predicted molar refractivity (Wildman–Crippen MR) is 107 cm³/mol. The van der Waals surface area contributed by atoms with E-state index in [-0.39, 0.29) is 18.4 Å². The van der Waals surface area contributed by atoms with Gasteiger partial charge < -0.3 is 10.1 Å². The average molecular weight is 423 g/mol. The predicted octanol–water partition coefficient (Wildman–Crippen LogP) is 3.11. The number of nitrogens with one attached hydrogen (secondary N) is 1. The van der Waals surface area contributed by atoms with Crippen LogP contribution in [0.2, 0.25) is 0 Å². The van der Waals surface area contributed by atoms with Gasteiger partial charge in [-0.2, -0.15) is 4.31 Å². The summed E-state index contributed by atoms with van der Waals surface area (Å²) in [5.41, 5.74) is 0.933. The van der Waals surface area contributed by atoms with E-state index in [2.05, 4.69) is 10.1 Å². The molecule has 2 aromatic rings. The lowest BCUT2D eigenvalue weighted by atomic mass is 10.0. The van der Waals surface area contributed by atoms with E-state index >= 15 is 0 Å². The number of ether oxygens (including phenoxy) is 1. The lowest BCUT2D eigenvalue weighted by molar-refractivity contribution is -0.117. The van der Waals surface area contributed by atoms with Gasteiger partial charge in [0.15, 0.2) is 0 Å². The van der Waals surface area contributed by atoms with Crippen LogP contribution < -0.4 is 5.32 Å². The fraction of sp³-hybridized carbons (Fsp3) is 0.368. The molecular weight excluding hydrogens is 400 g/mol. The number of hydrogen-bond acceptors (Lipinski definition) is 6. The Morgan fingerprint density at radius 3 is 2.61 bits per heavy atom. The zero-order valence-corrected chi connectivity index (χ0v) is 17.1. The van der Waals surface area contributed by atoms with Gasteiger partial charge in [0, 0.05) is 24.7 Å². The SMILES string of the molecule is COC(=O)c1ccc(NC(=O)C[C@H]2CCCCN2S(=O)(=O)c2cccs2)cc1. The monoisotopic (exact) mass is 422 g/mol. The van der Waals surface area contributed by atoms with Crippen molar-refractivity contribution in [1.29, 1.82) is 0 Å². The zero-order chi connectivity index (χ0) is 20.1. The van der Waals surface area contributed by atoms with Crippen LogP contribution in [0.25, 0.3) is 0 Å². The molecule has 0 unspecified atom stereocenters. The molecular formula is C19H22N2O5S2. The van der Waals surface area contributed by atoms with Gasteiger partial charge in [0.2, 0.25) is 5.91 Å². The number of carbonyl (C=O) groups excluding carboxylic acids is 2. The second-order valence-corrected chi connectivity index (χ2v) is 9.58. The quantitative estimate of drug-likeness (QED) is 0.722. The standard InChI is InChI=1S/C19H22N2O5S2/c1-26-19(23)14-7-9-15(10-8-14)20-17(22)13-16-5-2-3-11-21(16)28(24,25)18-6-4-12-27-18/h4,6-10,12,16H,2-3,5,11,13H2,1H3,(H,20,22)/t16-/m1/s1. The van der Waals surface area contributed by atoms with E-state index in [4.69, 9.17) is 0 Å². The summed E-state index contributed by atoms with van der Waals surface area (Å²) < 4.78 is 32.2. The third kappa shape index (κ3) is 4.60. The van der Waals surface area contributed by atoms with Crippen molar-refractivity contribution in [3.05, 3.63) is 47.3 Å². The van der Waals surface area contributed by atoms with Gasteiger partial charge in [-0.25, -0.2) is 13.2 Å². The second-order valence-electron chi connectivity index (χ2n) is 6.52. The van der Waals surface area contributed by atoms with Crippen LogP contribution in [0.5, 0.6) is 0 Å². The molecule has 1 saturated heterocycles. The van der Waals surface area contributed by atoms with Gasteiger partial charge in [0.05, 0.1) is 12.7 Å². The summed E-state index contributed by atoms with van der Waals surface area (Å²) in [6, 6.07) is 9.30. The molecule has 0 aliphatic carbocycles. The maximum Gasteiger partial charge on any atom is 0.337 e. The Morgan fingerprint density at radius 1 is 1.21 bits per heavy atom. The summed E-state index contributed by atoms with van der Waals surface area (Å²) >= 11 is 1.18. The molecule has 2 heterocycles. The Hall–Kier alpha value is -2.23. The van der Waals surface area contributed by atoms with Crippen LogP contribution in [0.15, 0.2) is 46.0 Å². The van der Waals surface area contributed by atoms with E-state index in [0.717, 1.165) is 12.8 Å². The van der Waals surface area contributed by atoms with E-state index in [1.165, 1.54) is 22.8 Å². The molecule has 1 aromatic carbocycles. The summed E-state index contributed by atoms with van der Waals surface area (Å²) in [6.45, 7) is 0.423. The van der Waals surface area contributed by atoms with E-state index in [1.54, 1.807) is 41.8 Å². The molecule has 0 bridgehead atoms. The average Bonchev–Trinajstić information content (AvgIpc) is 3.24. The Morgan fingerprint density at radius 2 is 1.96 bits per heavy atom. The molecule has 1 aliphatic rings. The van der Waals surface area contributed by atoms with Crippen LogP contribution in [0, 0.1) is 0 Å². The lowest BCUT2D eigenvalue weighted by Gasteiger charge is -2.34. The molecule has 9 heteroatoms. The third-order valence-corrected chi connectivity index (χ3v) is 7.97. The molecule has 0 saturated carbocycles. The fourth-order valence-electron chi connectivity index (χ4n) is 3.25. The number of anilines is 1. The van der Waals surface area contributed by atoms with Crippen molar-refractivity contribution >= 4 is 38.9 Å². The summed E-state index contributed by atoms with van der Waals surface area (Å²) in [4.78, 5) is 24.0. The molecule has 28 heavy (non-hydrogen) atoms. The Kier molecular flexibility index (Phi) is 6.48. The summed E-state index contributed by atoms with van der Waals surface area (Å²) in [5.74, 6) is -0.710. The van der Waals surface area contributed by atoms with Crippen molar-refractivity contribution in [2.24, 2.45) is 0 Å². The molecule has 3 rings (SSSR count). The number of hydrogen-bond donors (Lipinski definition) is 1. The van der Waals surface area contributed by atoms with E-state index in [9.17, 15) is 18.0 Å². The van der Waals surface area contributed by atoms with Crippen molar-refractivity contribution in [2.75, 3.05) is 19.0 Å². The van der Waals surface area contributed by atoms with Gasteiger partial charge in [-0.1, -0.05) is 12.5 Å². The molecule has 0 spiro atoms. The van der Waals surface area contributed by atoms with Gasteiger partial charge in [0.25, 0.3) is 10.0 Å². The number of sulfonamides is 1. The number of methoxy groups -OCH3 is 1. The minimum absolute atomic E-state index is 0.0867. The highest BCUT2D eigenvalue weighted by Crippen LogP contribution is 2.29. The third-order valence-electron chi connectivity index (χ3n) is 4.64. The number of esters is 1. The summed E-state index contributed by atoms with van der Waals surface area (Å²) in [7, 11) is -2.28. The summed E-state index contributed by atoms with van der Waals surface area (Å²) in [6.07, 6.45) is 2.42. The number of nitrogens with zero attached hydrogens (tertiary/aromatic N) is 1. The number of benzene rings is 1. The maximum atomic E-state index is 12.9. The molecule has 1 N–H and O–H groups in total. The lowest BCUT2D eigenvalue weighted by Crippen LogP contribution is -2.45. The van der Waals surface area contributed by atoms with Crippen LogP contribution in [0.3, 0.4) is 0 Å². The van der Waals surface area contributed by atoms with E-state index < -0.39 is 16.0 Å². The number of piperidine rings is 1. The van der Waals surface area contributed by atoms with Crippen molar-refractivity contribution < 1.29 is 22.7 Å². The van der Waals surface area contributed by atoms with Gasteiger partial charge >= 0.3 is 5.97 Å². The first-order valence-corrected chi connectivity index (χ1v) is 11.3. The van der Waals surface area contributed by atoms with Crippen LogP contribution in [0.1, 0.15) is 36.0 Å². The molecule has 7 nitrogen and oxygen atoms in total. The van der Waals surface area contributed by atoms with Crippen molar-refractivity contribution in [3.63, 3.8) is 0 Å². The largest absolute Gasteiger partial charge is 0.465 e. The second kappa shape index (κ2) is 8.85. The van der Waals surface area contributed by atoms with Crippen LogP contribution in [-0.2, 0) is 19.6 Å². The van der Waals surface area contributed by atoms with Gasteiger partial charge in [-0.15, -0.1) is 11.3 Å². The molecule has 1 atom stereocenters. The minimum Gasteiger partial charge on any atom is -0.465 e.